The number of hydrogen-bond donors (Lipinski definition) is 0. The second-order valence-electron chi connectivity index (χ2n) is 8.14. The fraction of sp³-hybridized carbons (Fsp3) is 0.417. The largest absolute Gasteiger partial charge is 0.497 e. The van der Waals surface area contributed by atoms with Gasteiger partial charge in [-0.15, -0.1) is 11.6 Å². The van der Waals surface area contributed by atoms with Crippen LogP contribution in [0, 0.1) is 5.92 Å². The molecule has 2 aromatic rings. The highest BCUT2D eigenvalue weighted by Gasteiger charge is 2.79. The molecule has 2 aliphatic rings. The van der Waals surface area contributed by atoms with Crippen LogP contribution in [0.15, 0.2) is 54.6 Å². The Labute approximate surface area is 187 Å². The van der Waals surface area contributed by atoms with Crippen LogP contribution in [-0.2, 0) is 32.2 Å². The summed E-state index contributed by atoms with van der Waals surface area (Å²) >= 11 is 6.00. The van der Waals surface area contributed by atoms with Gasteiger partial charge in [-0.2, -0.15) is 0 Å². The van der Waals surface area contributed by atoms with Gasteiger partial charge in [-0.3, -0.25) is 4.79 Å². The van der Waals surface area contributed by atoms with Gasteiger partial charge in [0.1, 0.15) is 5.75 Å². The van der Waals surface area contributed by atoms with Gasteiger partial charge >= 0.3 is 5.97 Å². The third-order valence-electron chi connectivity index (χ3n) is 6.47. The molecule has 0 radical (unpaired) electrons. The molecule has 2 saturated heterocycles. The van der Waals surface area contributed by atoms with Crippen molar-refractivity contribution in [1.82, 2.24) is 4.90 Å². The molecule has 7 heteroatoms. The number of ether oxygens (including phenoxy) is 3. The molecule has 3 atom stereocenters. The second kappa shape index (κ2) is 8.52. The van der Waals surface area contributed by atoms with Gasteiger partial charge < -0.3 is 19.1 Å². The summed E-state index contributed by atoms with van der Waals surface area (Å²) in [4.78, 5) is 28.0. The molecule has 0 bridgehead atoms. The van der Waals surface area contributed by atoms with Gasteiger partial charge in [0.15, 0.2) is 5.60 Å². The molecule has 0 spiro atoms. The van der Waals surface area contributed by atoms with Crippen LogP contribution in [0.5, 0.6) is 5.75 Å². The van der Waals surface area contributed by atoms with Gasteiger partial charge in [-0.05, 0) is 36.6 Å². The summed E-state index contributed by atoms with van der Waals surface area (Å²) in [7, 11) is 1.60. The minimum Gasteiger partial charge on any atom is -0.497 e. The number of likely N-dealkylation sites (tertiary alicyclic amines) is 1. The lowest BCUT2D eigenvalue weighted by atomic mass is 9.71. The number of esters is 1. The fourth-order valence-corrected chi connectivity index (χ4v) is 4.89. The quantitative estimate of drug-likeness (QED) is 0.438. The molecule has 0 unspecified atom stereocenters. The summed E-state index contributed by atoms with van der Waals surface area (Å²) in [6.45, 7) is 2.51. The van der Waals surface area contributed by atoms with Crippen molar-refractivity contribution in [2.45, 2.75) is 37.6 Å². The molecule has 2 heterocycles. The molecule has 2 aromatic carbocycles. The SMILES string of the molecule is COc1ccc(CN2C(=O)[C@H](CCCl)[C@@]3(C)OC(=O)[C@@]23COCc2ccccc2)cc1. The maximum atomic E-state index is 13.4. The maximum Gasteiger partial charge on any atom is 0.339 e. The summed E-state index contributed by atoms with van der Waals surface area (Å²) in [6.07, 6.45) is 0.434. The lowest BCUT2D eigenvalue weighted by Crippen LogP contribution is -2.76. The summed E-state index contributed by atoms with van der Waals surface area (Å²) in [5.41, 5.74) is -0.254. The number of benzene rings is 2. The first-order valence-electron chi connectivity index (χ1n) is 10.3. The van der Waals surface area contributed by atoms with E-state index in [0.717, 1.165) is 16.9 Å². The number of carbonyl (C=O) groups is 2. The van der Waals surface area contributed by atoms with Gasteiger partial charge in [-0.25, -0.2) is 4.79 Å². The van der Waals surface area contributed by atoms with Crippen LogP contribution in [-0.4, -0.2) is 47.5 Å². The average Bonchev–Trinajstić information content (AvgIpc) is 2.91. The van der Waals surface area contributed by atoms with E-state index >= 15 is 0 Å². The Morgan fingerprint density at radius 2 is 1.77 bits per heavy atom. The van der Waals surface area contributed by atoms with Crippen LogP contribution >= 0.6 is 11.6 Å². The number of hydrogen-bond acceptors (Lipinski definition) is 5. The summed E-state index contributed by atoms with van der Waals surface area (Å²) in [5, 5.41) is 0. The van der Waals surface area contributed by atoms with E-state index in [2.05, 4.69) is 0 Å². The van der Waals surface area contributed by atoms with E-state index in [1.54, 1.807) is 12.0 Å². The number of amides is 1. The van der Waals surface area contributed by atoms with Gasteiger partial charge in [0.25, 0.3) is 0 Å². The van der Waals surface area contributed by atoms with Crippen molar-refractivity contribution in [3.8, 4) is 5.75 Å². The molecule has 2 fully saturated rings. The predicted octanol–water partition coefficient (Wildman–Crippen LogP) is 3.55. The highest BCUT2D eigenvalue weighted by molar-refractivity contribution is 6.18. The van der Waals surface area contributed by atoms with Gasteiger partial charge in [0, 0.05) is 12.4 Å². The van der Waals surface area contributed by atoms with Gasteiger partial charge in [0.2, 0.25) is 11.4 Å². The molecule has 0 aliphatic carbocycles. The second-order valence-corrected chi connectivity index (χ2v) is 8.52. The van der Waals surface area contributed by atoms with Crippen molar-refractivity contribution < 1.29 is 23.8 Å². The molecule has 164 valence electrons. The van der Waals surface area contributed by atoms with E-state index in [0.29, 0.717) is 18.9 Å². The number of fused-ring (bicyclic) bond motifs is 1. The van der Waals surface area contributed by atoms with E-state index in [1.165, 1.54) is 0 Å². The van der Waals surface area contributed by atoms with Crippen LogP contribution in [0.4, 0.5) is 0 Å². The molecule has 4 rings (SSSR count). The van der Waals surface area contributed by atoms with Crippen molar-refractivity contribution in [2.75, 3.05) is 19.6 Å². The highest BCUT2D eigenvalue weighted by atomic mass is 35.5. The van der Waals surface area contributed by atoms with Gasteiger partial charge in [0.05, 0.1) is 26.2 Å². The average molecular weight is 444 g/mol. The summed E-state index contributed by atoms with van der Waals surface area (Å²) in [6, 6.07) is 17.2. The molecule has 1 amide bonds. The number of carbonyl (C=O) groups excluding carboxylic acids is 2. The Kier molecular flexibility index (Phi) is 5.95. The van der Waals surface area contributed by atoms with E-state index in [1.807, 2.05) is 61.5 Å². The topological polar surface area (TPSA) is 65.1 Å². The number of nitrogens with zero attached hydrogens (tertiary/aromatic N) is 1. The van der Waals surface area contributed by atoms with Crippen LogP contribution < -0.4 is 4.74 Å². The minimum absolute atomic E-state index is 0.0674. The smallest absolute Gasteiger partial charge is 0.339 e. The summed E-state index contributed by atoms with van der Waals surface area (Å²) in [5.74, 6) is -0.0253. The molecule has 0 N–H and O–H groups in total. The lowest BCUT2D eigenvalue weighted by molar-refractivity contribution is -0.243. The van der Waals surface area contributed by atoms with E-state index < -0.39 is 23.0 Å². The zero-order valence-electron chi connectivity index (χ0n) is 17.7. The van der Waals surface area contributed by atoms with Crippen LogP contribution in [0.1, 0.15) is 24.5 Å². The third-order valence-corrected chi connectivity index (χ3v) is 6.69. The van der Waals surface area contributed by atoms with Crippen molar-refractivity contribution >= 4 is 23.5 Å². The molecular weight excluding hydrogens is 418 g/mol. The Bertz CT molecular complexity index is 950. The van der Waals surface area contributed by atoms with Gasteiger partial charge in [-0.1, -0.05) is 42.5 Å². The number of halogens is 1. The van der Waals surface area contributed by atoms with E-state index in [4.69, 9.17) is 25.8 Å². The van der Waals surface area contributed by atoms with Crippen LogP contribution in [0.2, 0.25) is 0 Å². The minimum atomic E-state index is -1.17. The molecule has 6 nitrogen and oxygen atoms in total. The van der Waals surface area contributed by atoms with E-state index in [9.17, 15) is 9.59 Å². The predicted molar refractivity (Wildman–Crippen MR) is 116 cm³/mol. The first-order chi connectivity index (χ1) is 15.0. The molecule has 0 saturated carbocycles. The van der Waals surface area contributed by atoms with Crippen molar-refractivity contribution in [3.05, 3.63) is 65.7 Å². The number of rotatable bonds is 9. The molecule has 31 heavy (non-hydrogen) atoms. The lowest BCUT2D eigenvalue weighted by Gasteiger charge is -2.53. The third kappa shape index (κ3) is 3.48. The zero-order chi connectivity index (χ0) is 22.1. The molecular formula is C24H26ClNO5. The Morgan fingerprint density at radius 1 is 1.06 bits per heavy atom. The standard InChI is InChI=1S/C24H26ClNO5/c1-23-20(12-13-25)21(27)26(14-17-8-10-19(29-2)11-9-17)24(23,22(28)31-23)16-30-15-18-6-4-3-5-7-18/h3-11,20H,12-16H2,1-2H3/t20-,23+,24+/m0/s1. The van der Waals surface area contributed by atoms with Crippen LogP contribution in [0.25, 0.3) is 0 Å². The first-order valence-corrected chi connectivity index (χ1v) is 10.8. The highest BCUT2D eigenvalue weighted by Crippen LogP contribution is 2.55. The molecule has 2 aliphatic heterocycles. The van der Waals surface area contributed by atoms with Crippen molar-refractivity contribution in [1.29, 1.82) is 0 Å². The molecule has 0 aromatic heterocycles. The number of methoxy groups -OCH3 is 1. The Balaban J connectivity index is 1.62. The Morgan fingerprint density at radius 3 is 2.39 bits per heavy atom. The Hall–Kier alpha value is -2.57. The normalized spacial score (nSPS) is 26.9. The van der Waals surface area contributed by atoms with Crippen molar-refractivity contribution in [3.63, 3.8) is 0 Å². The maximum absolute atomic E-state index is 13.4. The van der Waals surface area contributed by atoms with E-state index in [-0.39, 0.29) is 19.1 Å². The van der Waals surface area contributed by atoms with Crippen LogP contribution in [0.3, 0.4) is 0 Å². The first kappa shape index (κ1) is 21.7. The fourth-order valence-electron chi connectivity index (χ4n) is 4.67. The monoisotopic (exact) mass is 443 g/mol. The zero-order valence-corrected chi connectivity index (χ0v) is 18.4. The summed E-state index contributed by atoms with van der Waals surface area (Å²) < 4.78 is 16.8. The van der Waals surface area contributed by atoms with Crippen molar-refractivity contribution in [2.24, 2.45) is 5.92 Å². The number of alkyl halides is 1.